The Labute approximate surface area is 123 Å². The first kappa shape index (κ1) is 15.3. The van der Waals surface area contributed by atoms with E-state index in [2.05, 4.69) is 4.72 Å². The smallest absolute Gasteiger partial charge is 0.339 e. The molecular formula is C13H19NO4S2. The van der Waals surface area contributed by atoms with Gasteiger partial charge in [-0.2, -0.15) is 0 Å². The molecule has 0 aliphatic heterocycles. The summed E-state index contributed by atoms with van der Waals surface area (Å²) in [4.78, 5) is 12.4. The molecule has 1 heterocycles. The van der Waals surface area contributed by atoms with Crippen LogP contribution in [0.2, 0.25) is 0 Å². The molecule has 7 heteroatoms. The molecule has 0 unspecified atom stereocenters. The van der Waals surface area contributed by atoms with Crippen molar-refractivity contribution in [1.29, 1.82) is 0 Å². The first-order valence-electron chi connectivity index (χ1n) is 6.68. The second-order valence-corrected chi connectivity index (χ2v) is 8.42. The fraction of sp³-hybridized carbons (Fsp3) is 0.615. The van der Waals surface area contributed by atoms with Crippen LogP contribution in [0, 0.1) is 5.92 Å². The van der Waals surface area contributed by atoms with Gasteiger partial charge in [-0.05, 0) is 37.2 Å². The molecule has 1 aromatic heterocycles. The van der Waals surface area contributed by atoms with Crippen LogP contribution in [0.5, 0.6) is 0 Å². The third-order valence-electron chi connectivity index (χ3n) is 3.35. The van der Waals surface area contributed by atoms with E-state index in [0.29, 0.717) is 12.3 Å². The van der Waals surface area contributed by atoms with Gasteiger partial charge >= 0.3 is 5.97 Å². The molecule has 0 fully saturated rings. The number of fused-ring (bicyclic) bond motifs is 1. The minimum absolute atomic E-state index is 0.0201. The summed E-state index contributed by atoms with van der Waals surface area (Å²) in [6, 6.07) is 0. The molecule has 0 radical (unpaired) electrons. The maximum absolute atomic E-state index is 12.0. The number of aromatic carboxylic acids is 1. The Hall–Kier alpha value is -1.08. The summed E-state index contributed by atoms with van der Waals surface area (Å²) in [5, 5.41) is 9.57. The minimum Gasteiger partial charge on any atom is -0.478 e. The van der Waals surface area contributed by atoms with Crippen molar-refractivity contribution in [2.45, 2.75) is 39.5 Å². The lowest BCUT2D eigenvalue weighted by Gasteiger charge is -2.09. The fourth-order valence-electron chi connectivity index (χ4n) is 2.29. The third kappa shape index (κ3) is 3.32. The quantitative estimate of drug-likeness (QED) is 0.845. The third-order valence-corrected chi connectivity index (χ3v) is 5.97. The van der Waals surface area contributed by atoms with E-state index in [-0.39, 0.29) is 16.3 Å². The lowest BCUT2D eigenvalue weighted by molar-refractivity contribution is 0.0697. The van der Waals surface area contributed by atoms with Crippen molar-refractivity contribution < 1.29 is 18.3 Å². The highest BCUT2D eigenvalue weighted by molar-refractivity contribution is 7.92. The summed E-state index contributed by atoms with van der Waals surface area (Å²) >= 11 is 1.27. The number of hydrogen-bond donors (Lipinski definition) is 2. The summed E-state index contributed by atoms with van der Waals surface area (Å²) in [6.07, 6.45) is 3.07. The molecule has 1 aliphatic rings. The zero-order valence-electron chi connectivity index (χ0n) is 11.6. The number of nitrogens with one attached hydrogen (secondary N) is 1. The van der Waals surface area contributed by atoms with Gasteiger partial charge in [0.05, 0.1) is 11.3 Å². The molecule has 0 atom stereocenters. The number of thiophene rings is 1. The highest BCUT2D eigenvalue weighted by Crippen LogP contribution is 2.39. The molecule has 0 amide bonds. The Morgan fingerprint density at radius 3 is 2.70 bits per heavy atom. The van der Waals surface area contributed by atoms with Gasteiger partial charge in [-0.3, -0.25) is 4.72 Å². The average molecular weight is 317 g/mol. The Morgan fingerprint density at radius 1 is 1.40 bits per heavy atom. The summed E-state index contributed by atoms with van der Waals surface area (Å²) in [5.74, 6) is -0.739. The molecule has 2 N–H and O–H groups in total. The SMILES string of the molecule is CC(C)CCS(=O)(=O)Nc1sc2c(c1C(=O)O)CCC2. The van der Waals surface area contributed by atoms with Crippen LogP contribution in [-0.4, -0.2) is 25.2 Å². The van der Waals surface area contributed by atoms with E-state index in [9.17, 15) is 18.3 Å². The zero-order valence-corrected chi connectivity index (χ0v) is 13.2. The maximum Gasteiger partial charge on any atom is 0.339 e. The van der Waals surface area contributed by atoms with Crippen LogP contribution in [0.15, 0.2) is 0 Å². The number of carboxylic acid groups (broad SMARTS) is 1. The number of anilines is 1. The molecule has 2 rings (SSSR count). The number of carboxylic acids is 1. The summed E-state index contributed by atoms with van der Waals surface area (Å²) in [5.41, 5.74) is 0.958. The van der Waals surface area contributed by atoms with Gasteiger partial charge < -0.3 is 5.11 Å². The molecule has 0 saturated carbocycles. The van der Waals surface area contributed by atoms with E-state index in [4.69, 9.17) is 0 Å². The topological polar surface area (TPSA) is 83.5 Å². The van der Waals surface area contributed by atoms with E-state index in [1.165, 1.54) is 11.3 Å². The van der Waals surface area contributed by atoms with Crippen LogP contribution in [-0.2, 0) is 22.9 Å². The van der Waals surface area contributed by atoms with Crippen LogP contribution in [0.25, 0.3) is 0 Å². The predicted octanol–water partition coefficient (Wildman–Crippen LogP) is 2.72. The normalized spacial score (nSPS) is 14.6. The standard InChI is InChI=1S/C13H19NO4S2/c1-8(2)6-7-20(17,18)14-12-11(13(15)16)9-4-3-5-10(9)19-12/h8,14H,3-7H2,1-2H3,(H,15,16). The van der Waals surface area contributed by atoms with E-state index in [1.54, 1.807) is 0 Å². The van der Waals surface area contributed by atoms with Crippen LogP contribution in [0.1, 0.15) is 47.5 Å². The van der Waals surface area contributed by atoms with Crippen LogP contribution >= 0.6 is 11.3 Å². The Morgan fingerprint density at radius 2 is 2.10 bits per heavy atom. The van der Waals surface area contributed by atoms with E-state index >= 15 is 0 Å². The fourth-order valence-corrected chi connectivity index (χ4v) is 5.23. The van der Waals surface area contributed by atoms with Gasteiger partial charge in [0.25, 0.3) is 0 Å². The number of rotatable bonds is 6. The van der Waals surface area contributed by atoms with Crippen LogP contribution in [0.3, 0.4) is 0 Å². The second-order valence-electron chi connectivity index (χ2n) is 5.47. The highest BCUT2D eigenvalue weighted by Gasteiger charge is 2.28. The van der Waals surface area contributed by atoms with Crippen molar-refractivity contribution in [2.75, 3.05) is 10.5 Å². The van der Waals surface area contributed by atoms with Crippen LogP contribution < -0.4 is 4.72 Å². The van der Waals surface area contributed by atoms with Gasteiger partial charge in [0, 0.05) is 4.88 Å². The molecular weight excluding hydrogens is 298 g/mol. The average Bonchev–Trinajstić information content (AvgIpc) is 2.85. The second kappa shape index (κ2) is 5.73. The lowest BCUT2D eigenvalue weighted by atomic mass is 10.1. The molecule has 20 heavy (non-hydrogen) atoms. The maximum atomic E-state index is 12.0. The number of hydrogen-bond acceptors (Lipinski definition) is 4. The first-order valence-corrected chi connectivity index (χ1v) is 9.15. The van der Waals surface area contributed by atoms with Gasteiger partial charge in [-0.15, -0.1) is 11.3 Å². The number of carbonyl (C=O) groups is 1. The monoisotopic (exact) mass is 317 g/mol. The Balaban J connectivity index is 2.24. The van der Waals surface area contributed by atoms with Crippen molar-refractivity contribution in [1.82, 2.24) is 0 Å². The zero-order chi connectivity index (χ0) is 14.9. The summed E-state index contributed by atoms with van der Waals surface area (Å²) in [7, 11) is -3.48. The van der Waals surface area contributed by atoms with E-state index < -0.39 is 16.0 Å². The van der Waals surface area contributed by atoms with Crippen molar-refractivity contribution in [3.8, 4) is 0 Å². The molecule has 112 valence electrons. The van der Waals surface area contributed by atoms with Gasteiger partial charge in [0.15, 0.2) is 0 Å². The molecule has 0 saturated heterocycles. The Kier molecular flexibility index (Phi) is 4.39. The van der Waals surface area contributed by atoms with Gasteiger partial charge in [0.2, 0.25) is 10.0 Å². The minimum atomic E-state index is -3.48. The number of aryl methyl sites for hydroxylation is 1. The van der Waals surface area contributed by atoms with Crippen molar-refractivity contribution in [3.05, 3.63) is 16.0 Å². The molecule has 1 aromatic rings. The highest BCUT2D eigenvalue weighted by atomic mass is 32.2. The van der Waals surface area contributed by atoms with E-state index in [1.807, 2.05) is 13.8 Å². The largest absolute Gasteiger partial charge is 0.478 e. The van der Waals surface area contributed by atoms with Crippen molar-refractivity contribution >= 4 is 32.3 Å². The molecule has 1 aliphatic carbocycles. The number of sulfonamides is 1. The van der Waals surface area contributed by atoms with Crippen LogP contribution in [0.4, 0.5) is 5.00 Å². The summed E-state index contributed by atoms with van der Waals surface area (Å²) < 4.78 is 26.5. The molecule has 5 nitrogen and oxygen atoms in total. The molecule has 0 spiro atoms. The van der Waals surface area contributed by atoms with Gasteiger partial charge in [-0.1, -0.05) is 13.8 Å². The Bertz CT molecular complexity index is 617. The van der Waals surface area contributed by atoms with Gasteiger partial charge in [0.1, 0.15) is 5.00 Å². The molecule has 0 aromatic carbocycles. The van der Waals surface area contributed by atoms with Gasteiger partial charge in [-0.25, -0.2) is 13.2 Å². The summed E-state index contributed by atoms with van der Waals surface area (Å²) in [6.45, 7) is 3.91. The van der Waals surface area contributed by atoms with Crippen molar-refractivity contribution in [3.63, 3.8) is 0 Å². The lowest BCUT2D eigenvalue weighted by Crippen LogP contribution is -2.18. The molecule has 0 bridgehead atoms. The van der Waals surface area contributed by atoms with E-state index in [0.717, 1.165) is 29.7 Å². The first-order chi connectivity index (χ1) is 9.30. The van der Waals surface area contributed by atoms with Crippen molar-refractivity contribution in [2.24, 2.45) is 5.92 Å². The predicted molar refractivity (Wildman–Crippen MR) is 80.2 cm³/mol.